The number of ketones is 1. The number of carbonyl (C=O) groups is 2. The molecule has 0 unspecified atom stereocenters. The lowest BCUT2D eigenvalue weighted by Gasteiger charge is -2.09. The van der Waals surface area contributed by atoms with E-state index >= 15 is 0 Å². The second-order valence-electron chi connectivity index (χ2n) is 5.84. The smallest absolute Gasteiger partial charge is 0.231 e. The van der Waals surface area contributed by atoms with Gasteiger partial charge in [0.25, 0.3) is 0 Å². The highest BCUT2D eigenvalue weighted by Gasteiger charge is 2.11. The maximum absolute atomic E-state index is 11.9. The predicted molar refractivity (Wildman–Crippen MR) is 93.9 cm³/mol. The summed E-state index contributed by atoms with van der Waals surface area (Å²) in [4.78, 5) is 23.8. The van der Waals surface area contributed by atoms with E-state index in [4.69, 9.17) is 4.74 Å². The maximum Gasteiger partial charge on any atom is 0.231 e. The number of benzene rings is 1. The van der Waals surface area contributed by atoms with Gasteiger partial charge in [-0.2, -0.15) is 0 Å². The number of hydrogen-bond acceptors (Lipinski definition) is 3. The van der Waals surface area contributed by atoms with Crippen molar-refractivity contribution in [1.82, 2.24) is 0 Å². The van der Waals surface area contributed by atoms with Gasteiger partial charge in [-0.25, -0.2) is 0 Å². The van der Waals surface area contributed by atoms with Crippen LogP contribution in [0.4, 0.5) is 5.69 Å². The van der Waals surface area contributed by atoms with Crippen LogP contribution in [0.15, 0.2) is 24.3 Å². The van der Waals surface area contributed by atoms with Gasteiger partial charge in [0.1, 0.15) is 11.5 Å². The fraction of sp³-hybridized carbons (Fsp3) is 0.579. The molecule has 0 saturated carbocycles. The predicted octanol–water partition coefficient (Wildman–Crippen LogP) is 4.73. The van der Waals surface area contributed by atoms with E-state index in [1.54, 1.807) is 19.2 Å². The number of rotatable bonds is 12. The number of methoxy groups -OCH3 is 1. The van der Waals surface area contributed by atoms with Crippen LogP contribution in [0.25, 0.3) is 0 Å². The van der Waals surface area contributed by atoms with Crippen LogP contribution in [0.5, 0.6) is 5.75 Å². The zero-order valence-electron chi connectivity index (χ0n) is 14.4. The summed E-state index contributed by atoms with van der Waals surface area (Å²) in [5, 5.41) is 2.73. The Morgan fingerprint density at radius 1 is 1.00 bits per heavy atom. The Morgan fingerprint density at radius 3 is 2.35 bits per heavy atom. The average molecular weight is 319 g/mol. The zero-order chi connectivity index (χ0) is 16.9. The van der Waals surface area contributed by atoms with E-state index in [1.165, 1.54) is 32.1 Å². The van der Waals surface area contributed by atoms with Crippen LogP contribution in [-0.4, -0.2) is 18.8 Å². The van der Waals surface area contributed by atoms with Gasteiger partial charge in [-0.15, -0.1) is 0 Å². The standard InChI is InChI=1S/C19H29NO3/c1-3-4-5-6-7-8-9-12-16(21)15-19(22)20-17-13-10-11-14-18(17)23-2/h10-11,13-14H,3-9,12,15H2,1-2H3,(H,20,22). The molecule has 23 heavy (non-hydrogen) atoms. The monoisotopic (exact) mass is 319 g/mol. The molecule has 1 aromatic carbocycles. The molecule has 0 aliphatic rings. The molecule has 4 heteroatoms. The Hall–Kier alpha value is -1.84. The molecule has 0 bridgehead atoms. The van der Waals surface area contributed by atoms with Crippen molar-refractivity contribution in [1.29, 1.82) is 0 Å². The molecule has 0 spiro atoms. The maximum atomic E-state index is 11.9. The van der Waals surface area contributed by atoms with Crippen molar-refractivity contribution < 1.29 is 14.3 Å². The van der Waals surface area contributed by atoms with Gasteiger partial charge in [0.15, 0.2) is 0 Å². The van der Waals surface area contributed by atoms with Crippen molar-refractivity contribution in [3.05, 3.63) is 24.3 Å². The summed E-state index contributed by atoms with van der Waals surface area (Å²) in [5.74, 6) is 0.328. The van der Waals surface area contributed by atoms with Crippen molar-refractivity contribution in [3.63, 3.8) is 0 Å². The Labute approximate surface area is 139 Å². The van der Waals surface area contributed by atoms with Crippen LogP contribution in [-0.2, 0) is 9.59 Å². The topological polar surface area (TPSA) is 55.4 Å². The van der Waals surface area contributed by atoms with E-state index in [1.807, 2.05) is 12.1 Å². The van der Waals surface area contributed by atoms with E-state index in [0.717, 1.165) is 12.8 Å². The van der Waals surface area contributed by atoms with Crippen LogP contribution >= 0.6 is 0 Å². The van der Waals surface area contributed by atoms with Gasteiger partial charge in [-0.1, -0.05) is 57.6 Å². The number of anilines is 1. The van der Waals surface area contributed by atoms with Crippen LogP contribution in [0, 0.1) is 0 Å². The minimum Gasteiger partial charge on any atom is -0.495 e. The number of unbranched alkanes of at least 4 members (excludes halogenated alkanes) is 6. The Morgan fingerprint density at radius 2 is 1.65 bits per heavy atom. The highest BCUT2D eigenvalue weighted by Crippen LogP contribution is 2.23. The normalized spacial score (nSPS) is 10.3. The summed E-state index contributed by atoms with van der Waals surface area (Å²) in [6.45, 7) is 2.20. The van der Waals surface area contributed by atoms with Gasteiger partial charge in [0, 0.05) is 6.42 Å². The summed E-state index contributed by atoms with van der Waals surface area (Å²) < 4.78 is 5.17. The van der Waals surface area contributed by atoms with E-state index in [0.29, 0.717) is 17.9 Å². The van der Waals surface area contributed by atoms with Gasteiger partial charge in [0.2, 0.25) is 5.91 Å². The van der Waals surface area contributed by atoms with Crippen LogP contribution in [0.1, 0.15) is 64.7 Å². The van der Waals surface area contributed by atoms with Gasteiger partial charge in [-0.05, 0) is 18.6 Å². The molecule has 1 amide bonds. The first kappa shape index (κ1) is 19.2. The number of Topliss-reactive ketones (excluding diaryl/α,β-unsaturated/α-hetero) is 1. The largest absolute Gasteiger partial charge is 0.495 e. The molecule has 0 aliphatic heterocycles. The average Bonchev–Trinajstić information content (AvgIpc) is 2.54. The SMILES string of the molecule is CCCCCCCCCC(=O)CC(=O)Nc1ccccc1OC. The van der Waals surface area contributed by atoms with E-state index in [9.17, 15) is 9.59 Å². The fourth-order valence-corrected chi connectivity index (χ4v) is 2.49. The molecular weight excluding hydrogens is 290 g/mol. The third-order valence-electron chi connectivity index (χ3n) is 3.80. The van der Waals surface area contributed by atoms with Crippen molar-refractivity contribution in [2.75, 3.05) is 12.4 Å². The molecule has 4 nitrogen and oxygen atoms in total. The van der Waals surface area contributed by atoms with Crippen LogP contribution in [0.2, 0.25) is 0 Å². The van der Waals surface area contributed by atoms with Crippen molar-refractivity contribution in [3.8, 4) is 5.75 Å². The molecule has 0 heterocycles. The number of amides is 1. The molecule has 128 valence electrons. The first-order valence-corrected chi connectivity index (χ1v) is 8.62. The molecule has 0 aliphatic carbocycles. The number of para-hydroxylation sites is 2. The molecule has 1 rings (SSSR count). The summed E-state index contributed by atoms with van der Waals surface area (Å²) in [7, 11) is 1.55. The Balaban J connectivity index is 2.20. The summed E-state index contributed by atoms with van der Waals surface area (Å²) in [6, 6.07) is 7.19. The Bertz CT molecular complexity index is 485. The lowest BCUT2D eigenvalue weighted by molar-refractivity contribution is -0.125. The molecule has 0 aromatic heterocycles. The van der Waals surface area contributed by atoms with Gasteiger partial charge in [0.05, 0.1) is 19.2 Å². The second-order valence-corrected chi connectivity index (χ2v) is 5.84. The lowest BCUT2D eigenvalue weighted by Crippen LogP contribution is -2.16. The molecule has 1 aromatic rings. The van der Waals surface area contributed by atoms with E-state index in [2.05, 4.69) is 12.2 Å². The number of carbonyl (C=O) groups excluding carboxylic acids is 2. The molecule has 0 fully saturated rings. The first-order valence-electron chi connectivity index (χ1n) is 8.62. The fourth-order valence-electron chi connectivity index (χ4n) is 2.49. The summed E-state index contributed by atoms with van der Waals surface area (Å²) >= 11 is 0. The number of ether oxygens (including phenoxy) is 1. The number of nitrogens with one attached hydrogen (secondary N) is 1. The molecule has 0 saturated heterocycles. The minimum atomic E-state index is -0.276. The molecule has 0 atom stereocenters. The highest BCUT2D eigenvalue weighted by atomic mass is 16.5. The first-order chi connectivity index (χ1) is 11.2. The van der Waals surface area contributed by atoms with Crippen molar-refractivity contribution in [2.45, 2.75) is 64.7 Å². The van der Waals surface area contributed by atoms with Crippen LogP contribution in [0.3, 0.4) is 0 Å². The molecule has 1 N–H and O–H groups in total. The Kier molecular flexibility index (Phi) is 9.76. The minimum absolute atomic E-state index is 0.00551. The van der Waals surface area contributed by atoms with Crippen molar-refractivity contribution >= 4 is 17.4 Å². The number of hydrogen-bond donors (Lipinski definition) is 1. The van der Waals surface area contributed by atoms with Gasteiger partial charge < -0.3 is 10.1 Å². The molecule has 0 radical (unpaired) electrons. The summed E-state index contributed by atoms with van der Waals surface area (Å²) in [6.07, 6.45) is 8.64. The van der Waals surface area contributed by atoms with Gasteiger partial charge in [-0.3, -0.25) is 9.59 Å². The summed E-state index contributed by atoms with van der Waals surface area (Å²) in [5.41, 5.74) is 0.601. The second kappa shape index (κ2) is 11.7. The lowest BCUT2D eigenvalue weighted by atomic mass is 10.1. The van der Waals surface area contributed by atoms with E-state index < -0.39 is 0 Å². The third kappa shape index (κ3) is 8.38. The van der Waals surface area contributed by atoms with E-state index in [-0.39, 0.29) is 18.1 Å². The van der Waals surface area contributed by atoms with Crippen molar-refractivity contribution in [2.24, 2.45) is 0 Å². The molecular formula is C19H29NO3. The quantitative estimate of drug-likeness (QED) is 0.447. The van der Waals surface area contributed by atoms with Crippen LogP contribution < -0.4 is 10.1 Å². The van der Waals surface area contributed by atoms with Gasteiger partial charge >= 0.3 is 0 Å². The highest BCUT2D eigenvalue weighted by molar-refractivity contribution is 6.04. The zero-order valence-corrected chi connectivity index (χ0v) is 14.4. The third-order valence-corrected chi connectivity index (χ3v) is 3.80.